The zero-order valence-electron chi connectivity index (χ0n) is 22.9. The minimum atomic E-state index is -4.91. The quantitative estimate of drug-likeness (QED) is 0.259. The molecule has 14 heteroatoms. The molecule has 3 heterocycles. The Bertz CT molecular complexity index is 1780. The minimum Gasteiger partial charge on any atom is -0.494 e. The van der Waals surface area contributed by atoms with Crippen LogP contribution in [0.4, 0.5) is 17.6 Å². The number of fused-ring (bicyclic) bond motifs is 2. The summed E-state index contributed by atoms with van der Waals surface area (Å²) in [6.07, 6.45) is -2.11. The lowest BCUT2D eigenvalue weighted by Gasteiger charge is -2.31. The number of halogens is 5. The first kappa shape index (κ1) is 29.1. The van der Waals surface area contributed by atoms with Crippen LogP contribution in [0.2, 0.25) is 5.02 Å². The molecule has 0 saturated heterocycles. The smallest absolute Gasteiger partial charge is 0.414 e. The summed E-state index contributed by atoms with van der Waals surface area (Å²) in [6, 6.07) is 7.75. The Labute approximate surface area is 247 Å². The van der Waals surface area contributed by atoms with Crippen molar-refractivity contribution in [3.8, 4) is 22.8 Å². The van der Waals surface area contributed by atoms with Gasteiger partial charge in [-0.15, -0.1) is 0 Å². The second-order valence-electron chi connectivity index (χ2n) is 10.9. The van der Waals surface area contributed by atoms with Gasteiger partial charge >= 0.3 is 6.18 Å². The number of alkyl halides is 3. The van der Waals surface area contributed by atoms with Crippen molar-refractivity contribution in [1.29, 1.82) is 0 Å². The van der Waals surface area contributed by atoms with Crippen LogP contribution in [-0.4, -0.2) is 52.2 Å². The lowest BCUT2D eigenvalue weighted by Crippen LogP contribution is -2.52. The summed E-state index contributed by atoms with van der Waals surface area (Å²) in [4.78, 5) is 17.8. The van der Waals surface area contributed by atoms with E-state index in [9.17, 15) is 27.5 Å². The molecule has 2 aromatic carbocycles. The molecule has 1 aliphatic carbocycles. The molecule has 2 aliphatic rings. The molecule has 0 spiro atoms. The summed E-state index contributed by atoms with van der Waals surface area (Å²) in [5, 5.41) is 19.4. The van der Waals surface area contributed by atoms with E-state index in [0.717, 1.165) is 12.1 Å². The number of carbonyl (C=O) groups is 1. The van der Waals surface area contributed by atoms with Gasteiger partial charge in [0.25, 0.3) is 5.91 Å². The van der Waals surface area contributed by atoms with Gasteiger partial charge in [0.15, 0.2) is 11.3 Å². The molecule has 2 atom stereocenters. The van der Waals surface area contributed by atoms with E-state index >= 15 is 0 Å². The van der Waals surface area contributed by atoms with Crippen molar-refractivity contribution < 1.29 is 36.9 Å². The highest BCUT2D eigenvalue weighted by atomic mass is 35.5. The maximum atomic E-state index is 14.3. The molecule has 0 bridgehead atoms. The summed E-state index contributed by atoms with van der Waals surface area (Å²) >= 11 is 5.98. The fourth-order valence-corrected chi connectivity index (χ4v) is 5.58. The molecule has 1 aliphatic heterocycles. The molecule has 6 rings (SSSR count). The van der Waals surface area contributed by atoms with Crippen LogP contribution in [0.15, 0.2) is 42.6 Å². The first-order valence-corrected chi connectivity index (χ1v) is 13.6. The van der Waals surface area contributed by atoms with E-state index in [1.165, 1.54) is 25.3 Å². The normalized spacial score (nSPS) is 19.6. The highest BCUT2D eigenvalue weighted by molar-refractivity contribution is 6.31. The predicted octanol–water partition coefficient (Wildman–Crippen LogP) is 4.57. The fraction of sp³-hybridized carbons (Fsp3) is 0.345. The first-order valence-electron chi connectivity index (χ1n) is 13.3. The van der Waals surface area contributed by atoms with Crippen LogP contribution >= 0.6 is 11.6 Å². The Hall–Kier alpha value is -3.94. The van der Waals surface area contributed by atoms with Gasteiger partial charge in [-0.3, -0.25) is 9.48 Å². The van der Waals surface area contributed by atoms with Crippen LogP contribution in [0, 0.1) is 11.7 Å². The number of aromatic nitrogens is 3. The van der Waals surface area contributed by atoms with Crippen molar-refractivity contribution in [2.24, 2.45) is 18.7 Å². The second-order valence-corrected chi connectivity index (χ2v) is 11.3. The van der Waals surface area contributed by atoms with Crippen molar-refractivity contribution in [3.63, 3.8) is 0 Å². The zero-order chi connectivity index (χ0) is 30.9. The molecule has 0 radical (unpaired) electrons. The van der Waals surface area contributed by atoms with Crippen LogP contribution in [0.25, 0.3) is 22.2 Å². The maximum Gasteiger partial charge on any atom is 0.414 e. The number of pyridine rings is 1. The highest BCUT2D eigenvalue weighted by Gasteiger charge is 2.59. The highest BCUT2D eigenvalue weighted by Crippen LogP contribution is 2.52. The van der Waals surface area contributed by atoms with Gasteiger partial charge in [0.2, 0.25) is 0 Å². The Balaban J connectivity index is 1.42. The standard InChI is InChI=1S/C29H26ClF4N5O4/c1-39-11-16-7-15(9-21(42-2)23(16)38-39)26(40)36-12-27(41,17-4-5-17)22-10-18-25(43-13-28(18,35)29(32,33)34)24(37-22)14-3-6-20(31)19(30)8-14/h3,6-11,17,41H,4-5,12-13,35H2,1-2H3,(H,36,40)/t27-,28+/m1/s1. The van der Waals surface area contributed by atoms with E-state index < -0.39 is 47.1 Å². The molecule has 1 fully saturated rings. The van der Waals surface area contributed by atoms with E-state index in [0.29, 0.717) is 29.5 Å². The van der Waals surface area contributed by atoms with Gasteiger partial charge in [0.05, 0.1) is 24.4 Å². The zero-order valence-corrected chi connectivity index (χ0v) is 23.7. The van der Waals surface area contributed by atoms with Crippen LogP contribution in [0.1, 0.15) is 34.5 Å². The van der Waals surface area contributed by atoms with Gasteiger partial charge in [-0.25, -0.2) is 9.37 Å². The monoisotopic (exact) mass is 619 g/mol. The Morgan fingerprint density at radius 1 is 1.28 bits per heavy atom. The average Bonchev–Trinajstić information content (AvgIpc) is 3.67. The number of nitrogens with two attached hydrogens (primary N) is 1. The number of hydrogen-bond donors (Lipinski definition) is 3. The molecule has 0 unspecified atom stereocenters. The van der Waals surface area contributed by atoms with Gasteiger partial charge in [-0.1, -0.05) is 11.6 Å². The lowest BCUT2D eigenvalue weighted by molar-refractivity contribution is -0.191. The number of aryl methyl sites for hydroxylation is 1. The Kier molecular flexibility index (Phi) is 6.82. The number of rotatable bonds is 7. The molecule has 4 N–H and O–H groups in total. The molecule has 1 saturated carbocycles. The van der Waals surface area contributed by atoms with Crippen LogP contribution < -0.4 is 20.5 Å². The molecular weight excluding hydrogens is 594 g/mol. The molecule has 2 aromatic heterocycles. The fourth-order valence-electron chi connectivity index (χ4n) is 5.40. The molecule has 4 aromatic rings. The van der Waals surface area contributed by atoms with Gasteiger partial charge in [-0.2, -0.15) is 18.3 Å². The van der Waals surface area contributed by atoms with E-state index in [1.807, 2.05) is 0 Å². The van der Waals surface area contributed by atoms with Crippen molar-refractivity contribution in [1.82, 2.24) is 20.1 Å². The Morgan fingerprint density at radius 3 is 2.67 bits per heavy atom. The van der Waals surface area contributed by atoms with E-state index in [4.69, 9.17) is 26.8 Å². The predicted molar refractivity (Wildman–Crippen MR) is 148 cm³/mol. The molecule has 1 amide bonds. The number of nitrogens with one attached hydrogen (secondary N) is 1. The molecular formula is C29H26ClF4N5O4. The number of hydrogen-bond acceptors (Lipinski definition) is 7. The summed E-state index contributed by atoms with van der Waals surface area (Å²) in [5.74, 6) is -1.58. The van der Waals surface area contributed by atoms with Crippen LogP contribution in [0.3, 0.4) is 0 Å². The molecule has 43 heavy (non-hydrogen) atoms. The largest absolute Gasteiger partial charge is 0.494 e. The summed E-state index contributed by atoms with van der Waals surface area (Å²) in [7, 11) is 3.18. The van der Waals surface area contributed by atoms with Crippen molar-refractivity contribution >= 4 is 28.4 Å². The number of carbonyl (C=O) groups excluding carboxylic acids is 1. The number of methoxy groups -OCH3 is 1. The molecule has 226 valence electrons. The summed E-state index contributed by atoms with van der Waals surface area (Å²) in [5.41, 5.74) is 1.39. The molecule has 9 nitrogen and oxygen atoms in total. The van der Waals surface area contributed by atoms with Crippen molar-refractivity contribution in [3.05, 3.63) is 70.3 Å². The number of ether oxygens (including phenoxy) is 2. The van der Waals surface area contributed by atoms with E-state index in [1.54, 1.807) is 24.0 Å². The van der Waals surface area contributed by atoms with Gasteiger partial charge in [0.1, 0.15) is 35.0 Å². The van der Waals surface area contributed by atoms with E-state index in [-0.39, 0.29) is 39.8 Å². The number of aliphatic hydroxyl groups is 1. The second kappa shape index (κ2) is 10.1. The third kappa shape index (κ3) is 4.85. The number of nitrogens with zero attached hydrogens (tertiary/aromatic N) is 3. The van der Waals surface area contributed by atoms with Gasteiger partial charge in [-0.05, 0) is 55.2 Å². The van der Waals surface area contributed by atoms with Crippen molar-refractivity contribution in [2.75, 3.05) is 20.3 Å². The third-order valence-corrected chi connectivity index (χ3v) is 8.27. The summed E-state index contributed by atoms with van der Waals surface area (Å²) in [6.45, 7) is -1.29. The number of benzene rings is 2. The Morgan fingerprint density at radius 2 is 2.02 bits per heavy atom. The van der Waals surface area contributed by atoms with Crippen LogP contribution in [0.5, 0.6) is 11.5 Å². The first-order chi connectivity index (χ1) is 20.2. The van der Waals surface area contributed by atoms with Gasteiger partial charge < -0.3 is 25.6 Å². The van der Waals surface area contributed by atoms with E-state index in [2.05, 4.69) is 15.4 Å². The summed E-state index contributed by atoms with van der Waals surface area (Å²) < 4.78 is 69.1. The maximum absolute atomic E-state index is 14.3. The minimum absolute atomic E-state index is 0.0943. The van der Waals surface area contributed by atoms with Crippen LogP contribution in [-0.2, 0) is 18.2 Å². The average molecular weight is 620 g/mol. The van der Waals surface area contributed by atoms with Gasteiger partial charge in [0, 0.05) is 35.3 Å². The number of amides is 1. The lowest BCUT2D eigenvalue weighted by atomic mass is 9.86. The SMILES string of the molecule is COc1cc(C(=O)NC[C@](O)(c2cc3c(c(-c4ccc(F)c(Cl)c4)n2)OC[C@@]3(N)C(F)(F)F)C2CC2)cc2cn(C)nc12. The topological polar surface area (TPSA) is 125 Å². The van der Waals surface area contributed by atoms with Crippen molar-refractivity contribution in [2.45, 2.75) is 30.2 Å². The third-order valence-electron chi connectivity index (χ3n) is 7.98.